The minimum absolute atomic E-state index is 0.158. The van der Waals surface area contributed by atoms with Gasteiger partial charge >= 0.3 is 0 Å². The molecule has 4 rings (SSSR count). The van der Waals surface area contributed by atoms with Gasteiger partial charge in [-0.15, -0.1) is 0 Å². The molecule has 4 nitrogen and oxygen atoms in total. The van der Waals surface area contributed by atoms with Crippen LogP contribution in [-0.2, 0) is 9.59 Å². The van der Waals surface area contributed by atoms with Gasteiger partial charge in [0, 0.05) is 5.02 Å². The molecule has 0 radical (unpaired) electrons. The van der Waals surface area contributed by atoms with Crippen LogP contribution in [0.15, 0.2) is 30.4 Å². The summed E-state index contributed by atoms with van der Waals surface area (Å²) in [5.74, 6) is -0.602. The van der Waals surface area contributed by atoms with Crippen molar-refractivity contribution in [1.29, 1.82) is 5.26 Å². The summed E-state index contributed by atoms with van der Waals surface area (Å²) in [6.07, 6.45) is 4.98. The lowest BCUT2D eigenvalue weighted by Crippen LogP contribution is -2.33. The number of nitriles is 1. The van der Waals surface area contributed by atoms with Crippen LogP contribution in [-0.4, -0.2) is 11.8 Å². The number of rotatable bonds is 1. The van der Waals surface area contributed by atoms with Crippen LogP contribution < -0.4 is 4.90 Å². The van der Waals surface area contributed by atoms with E-state index in [0.717, 1.165) is 6.42 Å². The summed E-state index contributed by atoms with van der Waals surface area (Å²) < 4.78 is 0. The van der Waals surface area contributed by atoms with E-state index in [0.29, 0.717) is 16.3 Å². The fourth-order valence-corrected chi connectivity index (χ4v) is 4.09. The van der Waals surface area contributed by atoms with E-state index in [1.54, 1.807) is 12.1 Å². The standard InChI is InChI=1S/C16H11ClN2O2/c17-11-4-3-10(7-18)12(6-11)19-15(20)13-8-1-2-9(5-8)14(13)16(19)21/h1-4,6,8-9,13-14H,5H2/t8-,9-,13+,14+/m0/s1. The third-order valence-corrected chi connectivity index (χ3v) is 5.03. The lowest BCUT2D eigenvalue weighted by molar-refractivity contribution is -0.123. The molecular formula is C16H11ClN2O2. The first-order valence-electron chi connectivity index (χ1n) is 6.87. The van der Waals surface area contributed by atoms with Crippen molar-refractivity contribution in [2.24, 2.45) is 23.7 Å². The van der Waals surface area contributed by atoms with Crippen LogP contribution in [0.3, 0.4) is 0 Å². The van der Waals surface area contributed by atoms with Crippen LogP contribution in [0.4, 0.5) is 5.69 Å². The molecule has 1 saturated carbocycles. The van der Waals surface area contributed by atoms with Gasteiger partial charge in [-0.3, -0.25) is 9.59 Å². The number of carbonyl (C=O) groups excluding carboxylic acids is 2. The quantitative estimate of drug-likeness (QED) is 0.591. The smallest absolute Gasteiger partial charge is 0.238 e. The summed E-state index contributed by atoms with van der Waals surface area (Å²) in [6.45, 7) is 0. The summed E-state index contributed by atoms with van der Waals surface area (Å²) in [5, 5.41) is 9.61. The predicted octanol–water partition coefficient (Wildman–Crippen LogP) is 2.52. The first kappa shape index (κ1) is 12.6. The first-order chi connectivity index (χ1) is 10.1. The number of fused-ring (bicyclic) bond motifs is 5. The molecule has 1 saturated heterocycles. The largest absolute Gasteiger partial charge is 0.274 e. The van der Waals surface area contributed by atoms with Crippen molar-refractivity contribution in [2.45, 2.75) is 6.42 Å². The normalized spacial score (nSPS) is 32.7. The number of anilines is 1. The van der Waals surface area contributed by atoms with Gasteiger partial charge < -0.3 is 0 Å². The molecular weight excluding hydrogens is 288 g/mol. The Morgan fingerprint density at radius 3 is 2.33 bits per heavy atom. The van der Waals surface area contributed by atoms with Crippen molar-refractivity contribution in [3.8, 4) is 6.07 Å². The van der Waals surface area contributed by atoms with Crippen molar-refractivity contribution >= 4 is 29.1 Å². The van der Waals surface area contributed by atoms with Gasteiger partial charge in [0.25, 0.3) is 0 Å². The topological polar surface area (TPSA) is 61.2 Å². The van der Waals surface area contributed by atoms with E-state index in [4.69, 9.17) is 11.6 Å². The summed E-state index contributed by atoms with van der Waals surface area (Å²) in [4.78, 5) is 26.5. The third kappa shape index (κ3) is 1.55. The number of allylic oxidation sites excluding steroid dienone is 2. The maximum atomic E-state index is 12.7. The second-order valence-corrected chi connectivity index (χ2v) is 6.22. The minimum Gasteiger partial charge on any atom is -0.274 e. The highest BCUT2D eigenvalue weighted by molar-refractivity contribution is 6.31. The SMILES string of the molecule is N#Cc1ccc(Cl)cc1N1C(=O)[C@H]2[C@H](C1=O)[C@H]1C=C[C@H]2C1. The second-order valence-electron chi connectivity index (χ2n) is 5.79. The molecule has 0 aromatic heterocycles. The van der Waals surface area contributed by atoms with Gasteiger partial charge in [0.1, 0.15) is 6.07 Å². The number of carbonyl (C=O) groups is 2. The Balaban J connectivity index is 1.82. The molecule has 0 unspecified atom stereocenters. The molecule has 4 atom stereocenters. The van der Waals surface area contributed by atoms with Crippen molar-refractivity contribution in [2.75, 3.05) is 4.90 Å². The van der Waals surface area contributed by atoms with Crippen LogP contribution in [0.25, 0.3) is 0 Å². The van der Waals surface area contributed by atoms with Gasteiger partial charge in [0.05, 0.1) is 23.1 Å². The summed E-state index contributed by atoms with van der Waals surface area (Å²) >= 11 is 5.97. The Morgan fingerprint density at radius 2 is 1.76 bits per heavy atom. The second kappa shape index (κ2) is 4.19. The zero-order valence-electron chi connectivity index (χ0n) is 11.0. The molecule has 2 aliphatic carbocycles. The lowest BCUT2D eigenvalue weighted by Gasteiger charge is -2.18. The molecule has 104 valence electrons. The van der Waals surface area contributed by atoms with Gasteiger partial charge in [-0.25, -0.2) is 4.90 Å². The maximum Gasteiger partial charge on any atom is 0.238 e. The van der Waals surface area contributed by atoms with Crippen molar-refractivity contribution < 1.29 is 9.59 Å². The van der Waals surface area contributed by atoms with Gasteiger partial charge in [-0.05, 0) is 36.5 Å². The molecule has 1 heterocycles. The van der Waals surface area contributed by atoms with Crippen LogP contribution >= 0.6 is 11.6 Å². The molecule has 3 aliphatic rings. The van der Waals surface area contributed by atoms with Gasteiger partial charge in [-0.2, -0.15) is 5.26 Å². The summed E-state index contributed by atoms with van der Waals surface area (Å²) in [6, 6.07) is 6.67. The van der Waals surface area contributed by atoms with Gasteiger partial charge in [0.2, 0.25) is 11.8 Å². The first-order valence-corrected chi connectivity index (χ1v) is 7.25. The number of halogens is 1. The van der Waals surface area contributed by atoms with E-state index in [-0.39, 0.29) is 35.5 Å². The number of benzene rings is 1. The Bertz CT molecular complexity index is 719. The number of amides is 2. The number of hydrogen-bond donors (Lipinski definition) is 0. The monoisotopic (exact) mass is 298 g/mol. The highest BCUT2D eigenvalue weighted by atomic mass is 35.5. The molecule has 2 bridgehead atoms. The van der Waals surface area contributed by atoms with Crippen molar-refractivity contribution in [3.05, 3.63) is 40.9 Å². The molecule has 1 aromatic carbocycles. The highest BCUT2D eigenvalue weighted by Crippen LogP contribution is 2.53. The Morgan fingerprint density at radius 1 is 1.14 bits per heavy atom. The third-order valence-electron chi connectivity index (χ3n) is 4.79. The molecule has 2 fully saturated rings. The van der Waals surface area contributed by atoms with Crippen molar-refractivity contribution in [1.82, 2.24) is 0 Å². The lowest BCUT2D eigenvalue weighted by atomic mass is 9.85. The molecule has 1 aromatic rings. The molecule has 1 aliphatic heterocycles. The molecule has 0 N–H and O–H groups in total. The average molecular weight is 299 g/mol. The van der Waals surface area contributed by atoms with E-state index in [1.807, 2.05) is 18.2 Å². The maximum absolute atomic E-state index is 12.7. The Labute approximate surface area is 126 Å². The van der Waals surface area contributed by atoms with Crippen LogP contribution in [0.2, 0.25) is 5.02 Å². The summed E-state index contributed by atoms with van der Waals surface area (Å²) in [7, 11) is 0. The molecule has 21 heavy (non-hydrogen) atoms. The van der Waals surface area contributed by atoms with Crippen LogP contribution in [0.5, 0.6) is 0 Å². The number of imide groups is 1. The molecule has 2 amide bonds. The highest BCUT2D eigenvalue weighted by Gasteiger charge is 2.59. The predicted molar refractivity (Wildman–Crippen MR) is 76.4 cm³/mol. The zero-order valence-corrected chi connectivity index (χ0v) is 11.7. The fraction of sp³-hybridized carbons (Fsp3) is 0.312. The molecule has 0 spiro atoms. The Hall–Kier alpha value is -2.12. The average Bonchev–Trinajstić information content (AvgIpc) is 3.13. The molecule has 5 heteroatoms. The number of nitrogens with zero attached hydrogens (tertiary/aromatic N) is 2. The van der Waals surface area contributed by atoms with E-state index in [1.165, 1.54) is 11.0 Å². The number of hydrogen-bond acceptors (Lipinski definition) is 3. The van der Waals surface area contributed by atoms with E-state index < -0.39 is 0 Å². The van der Waals surface area contributed by atoms with Crippen LogP contribution in [0, 0.1) is 35.0 Å². The van der Waals surface area contributed by atoms with E-state index in [9.17, 15) is 14.9 Å². The fourth-order valence-electron chi connectivity index (χ4n) is 3.92. The van der Waals surface area contributed by atoms with E-state index >= 15 is 0 Å². The Kier molecular flexibility index (Phi) is 2.51. The van der Waals surface area contributed by atoms with Crippen LogP contribution in [0.1, 0.15) is 12.0 Å². The van der Waals surface area contributed by atoms with Gasteiger partial charge in [-0.1, -0.05) is 23.8 Å². The van der Waals surface area contributed by atoms with Gasteiger partial charge in [0.15, 0.2) is 0 Å². The summed E-state index contributed by atoms with van der Waals surface area (Å²) in [5.41, 5.74) is 0.607. The van der Waals surface area contributed by atoms with E-state index in [2.05, 4.69) is 0 Å². The van der Waals surface area contributed by atoms with Crippen molar-refractivity contribution in [3.63, 3.8) is 0 Å². The zero-order chi connectivity index (χ0) is 14.7. The minimum atomic E-state index is -0.266.